The summed E-state index contributed by atoms with van der Waals surface area (Å²) in [5.74, 6) is 1.46. The van der Waals surface area contributed by atoms with Crippen molar-refractivity contribution in [2.45, 2.75) is 25.9 Å². The Morgan fingerprint density at radius 3 is 2.68 bits per heavy atom. The summed E-state index contributed by atoms with van der Waals surface area (Å²) in [6, 6.07) is 13.9. The van der Waals surface area contributed by atoms with E-state index in [4.69, 9.17) is 9.47 Å². The fourth-order valence-corrected chi connectivity index (χ4v) is 3.53. The van der Waals surface area contributed by atoms with E-state index < -0.39 is 0 Å². The fourth-order valence-electron chi connectivity index (χ4n) is 3.53. The molecule has 2 aromatic rings. The van der Waals surface area contributed by atoms with E-state index in [2.05, 4.69) is 29.6 Å². The van der Waals surface area contributed by atoms with Crippen molar-refractivity contribution in [2.24, 2.45) is 0 Å². The van der Waals surface area contributed by atoms with Crippen LogP contribution in [0.15, 0.2) is 42.5 Å². The highest BCUT2D eigenvalue weighted by Crippen LogP contribution is 2.32. The number of amides is 1. The number of anilines is 1. The largest absolute Gasteiger partial charge is 0.486 e. The summed E-state index contributed by atoms with van der Waals surface area (Å²) in [5.41, 5.74) is 3.51. The molecule has 0 bridgehead atoms. The second-order valence-electron chi connectivity index (χ2n) is 6.67. The molecule has 2 aromatic carbocycles. The average Bonchev–Trinajstić information content (AvgIpc) is 2.67. The van der Waals surface area contributed by atoms with E-state index in [0.717, 1.165) is 30.9 Å². The SMILES string of the molecule is C[C@@H](C(=O)Nc1ccc2c(c1)OCCO2)[NH+]1CCc2ccccc2C1. The summed E-state index contributed by atoms with van der Waals surface area (Å²) in [4.78, 5) is 14.0. The van der Waals surface area contributed by atoms with Crippen LogP contribution in [0.1, 0.15) is 18.1 Å². The van der Waals surface area contributed by atoms with Crippen molar-refractivity contribution in [1.29, 1.82) is 0 Å². The number of benzene rings is 2. The minimum atomic E-state index is -0.110. The molecule has 0 fully saturated rings. The van der Waals surface area contributed by atoms with E-state index in [9.17, 15) is 4.79 Å². The van der Waals surface area contributed by atoms with Crippen molar-refractivity contribution < 1.29 is 19.2 Å². The molecule has 1 amide bonds. The molecule has 2 N–H and O–H groups in total. The monoisotopic (exact) mass is 339 g/mol. The molecule has 25 heavy (non-hydrogen) atoms. The van der Waals surface area contributed by atoms with Gasteiger partial charge >= 0.3 is 0 Å². The van der Waals surface area contributed by atoms with Crippen LogP contribution in [0.4, 0.5) is 5.69 Å². The van der Waals surface area contributed by atoms with Crippen LogP contribution < -0.4 is 19.7 Å². The second-order valence-corrected chi connectivity index (χ2v) is 6.67. The van der Waals surface area contributed by atoms with Gasteiger partial charge < -0.3 is 19.7 Å². The van der Waals surface area contributed by atoms with Crippen molar-refractivity contribution in [1.82, 2.24) is 0 Å². The van der Waals surface area contributed by atoms with Gasteiger partial charge in [-0.2, -0.15) is 0 Å². The van der Waals surface area contributed by atoms with Gasteiger partial charge in [0.25, 0.3) is 5.91 Å². The summed E-state index contributed by atoms with van der Waals surface area (Å²) in [6.45, 7) is 4.98. The standard InChI is InChI=1S/C20H22N2O3/c1-14(22-9-8-15-4-2-3-5-16(15)13-22)20(23)21-17-6-7-18-19(12-17)25-11-10-24-18/h2-7,12,14H,8-11,13H2,1H3,(H,21,23)/p+1/t14-/m0/s1. The maximum absolute atomic E-state index is 12.7. The number of fused-ring (bicyclic) bond motifs is 2. The van der Waals surface area contributed by atoms with Gasteiger partial charge in [0.2, 0.25) is 0 Å². The van der Waals surface area contributed by atoms with Gasteiger partial charge in [0.05, 0.1) is 6.54 Å². The van der Waals surface area contributed by atoms with Crippen LogP contribution in [-0.2, 0) is 17.8 Å². The molecule has 2 heterocycles. The first-order valence-corrected chi connectivity index (χ1v) is 8.82. The van der Waals surface area contributed by atoms with Crippen LogP contribution in [0.2, 0.25) is 0 Å². The minimum absolute atomic E-state index is 0.0334. The van der Waals surface area contributed by atoms with Gasteiger partial charge in [-0.15, -0.1) is 0 Å². The lowest BCUT2D eigenvalue weighted by Crippen LogP contribution is -3.16. The summed E-state index contributed by atoms with van der Waals surface area (Å²) in [5, 5.41) is 3.02. The van der Waals surface area contributed by atoms with E-state index in [1.807, 2.05) is 25.1 Å². The first-order valence-electron chi connectivity index (χ1n) is 8.82. The maximum Gasteiger partial charge on any atom is 0.282 e. The highest BCUT2D eigenvalue weighted by molar-refractivity contribution is 5.94. The number of hydrogen-bond acceptors (Lipinski definition) is 3. The summed E-state index contributed by atoms with van der Waals surface area (Å²) >= 11 is 0. The second kappa shape index (κ2) is 6.76. The van der Waals surface area contributed by atoms with E-state index in [1.54, 1.807) is 0 Å². The predicted molar refractivity (Wildman–Crippen MR) is 95.2 cm³/mol. The first-order chi connectivity index (χ1) is 12.2. The van der Waals surface area contributed by atoms with Crippen molar-refractivity contribution in [2.75, 3.05) is 25.1 Å². The van der Waals surface area contributed by atoms with Crippen molar-refractivity contribution in [3.05, 3.63) is 53.6 Å². The molecule has 0 aromatic heterocycles. The fraction of sp³-hybridized carbons (Fsp3) is 0.350. The number of rotatable bonds is 3. The Morgan fingerprint density at radius 2 is 1.84 bits per heavy atom. The normalized spacial score (nSPS) is 19.6. The molecule has 0 saturated heterocycles. The van der Waals surface area contributed by atoms with Gasteiger partial charge in [0.1, 0.15) is 19.8 Å². The predicted octanol–water partition coefficient (Wildman–Crippen LogP) is 1.43. The van der Waals surface area contributed by atoms with Crippen LogP contribution in [-0.4, -0.2) is 31.7 Å². The lowest BCUT2D eigenvalue weighted by Gasteiger charge is -2.30. The average molecular weight is 339 g/mol. The molecular formula is C20H23N2O3+. The summed E-state index contributed by atoms with van der Waals surface area (Å²) in [6.07, 6.45) is 1.02. The Hall–Kier alpha value is -2.53. The van der Waals surface area contributed by atoms with Gasteiger partial charge in [-0.1, -0.05) is 24.3 Å². The molecule has 0 radical (unpaired) electrons. The zero-order chi connectivity index (χ0) is 17.2. The zero-order valence-corrected chi connectivity index (χ0v) is 14.4. The quantitative estimate of drug-likeness (QED) is 0.889. The van der Waals surface area contributed by atoms with Gasteiger partial charge in [-0.25, -0.2) is 0 Å². The van der Waals surface area contributed by atoms with Gasteiger partial charge in [-0.3, -0.25) is 4.79 Å². The number of ether oxygens (including phenoxy) is 2. The van der Waals surface area contributed by atoms with E-state index in [1.165, 1.54) is 16.0 Å². The third-order valence-electron chi connectivity index (χ3n) is 5.07. The smallest absolute Gasteiger partial charge is 0.282 e. The van der Waals surface area contributed by atoms with E-state index in [-0.39, 0.29) is 11.9 Å². The molecule has 0 saturated carbocycles. The Labute approximate surface area is 147 Å². The topological polar surface area (TPSA) is 52.0 Å². The first kappa shape index (κ1) is 16.0. The molecule has 0 aliphatic carbocycles. The molecular weight excluding hydrogens is 316 g/mol. The zero-order valence-electron chi connectivity index (χ0n) is 14.4. The maximum atomic E-state index is 12.7. The summed E-state index contributed by atoms with van der Waals surface area (Å²) in [7, 11) is 0. The molecule has 130 valence electrons. The third-order valence-corrected chi connectivity index (χ3v) is 5.07. The molecule has 2 aliphatic heterocycles. The third kappa shape index (κ3) is 3.33. The van der Waals surface area contributed by atoms with Crippen LogP contribution in [0.25, 0.3) is 0 Å². The number of carbonyl (C=O) groups is 1. The molecule has 2 atom stereocenters. The highest BCUT2D eigenvalue weighted by atomic mass is 16.6. The number of hydrogen-bond donors (Lipinski definition) is 2. The molecule has 5 heteroatoms. The van der Waals surface area contributed by atoms with Crippen LogP contribution in [0, 0.1) is 0 Å². The lowest BCUT2D eigenvalue weighted by molar-refractivity contribution is -0.929. The Balaban J connectivity index is 1.43. The molecule has 2 aliphatic rings. The Bertz CT molecular complexity index is 790. The number of carbonyl (C=O) groups excluding carboxylic acids is 1. The molecule has 0 spiro atoms. The van der Waals surface area contributed by atoms with Crippen LogP contribution in [0.5, 0.6) is 11.5 Å². The lowest BCUT2D eigenvalue weighted by atomic mass is 9.99. The van der Waals surface area contributed by atoms with Crippen LogP contribution in [0.3, 0.4) is 0 Å². The van der Waals surface area contributed by atoms with E-state index >= 15 is 0 Å². The summed E-state index contributed by atoms with van der Waals surface area (Å²) < 4.78 is 11.1. The molecule has 5 nitrogen and oxygen atoms in total. The van der Waals surface area contributed by atoms with Crippen LogP contribution >= 0.6 is 0 Å². The van der Waals surface area contributed by atoms with Crippen molar-refractivity contribution in [3.63, 3.8) is 0 Å². The number of quaternary nitrogens is 1. The van der Waals surface area contributed by atoms with E-state index in [0.29, 0.717) is 19.0 Å². The molecule has 4 rings (SSSR count). The Morgan fingerprint density at radius 1 is 1.08 bits per heavy atom. The Kier molecular flexibility index (Phi) is 4.32. The molecule has 1 unspecified atom stereocenters. The van der Waals surface area contributed by atoms with Gasteiger partial charge in [0.15, 0.2) is 17.5 Å². The highest BCUT2D eigenvalue weighted by Gasteiger charge is 2.29. The van der Waals surface area contributed by atoms with Gasteiger partial charge in [-0.05, 0) is 24.6 Å². The van der Waals surface area contributed by atoms with Crippen molar-refractivity contribution >= 4 is 11.6 Å². The van der Waals surface area contributed by atoms with Crippen molar-refractivity contribution in [3.8, 4) is 11.5 Å². The number of nitrogens with one attached hydrogen (secondary N) is 2. The minimum Gasteiger partial charge on any atom is -0.486 e. The van der Waals surface area contributed by atoms with Gasteiger partial charge in [0, 0.05) is 23.7 Å².